The highest BCUT2D eigenvalue weighted by Crippen LogP contribution is 2.19. The van der Waals surface area contributed by atoms with Crippen LogP contribution in [0.3, 0.4) is 0 Å². The predicted octanol–water partition coefficient (Wildman–Crippen LogP) is 2.45. The molecule has 0 saturated carbocycles. The summed E-state index contributed by atoms with van der Waals surface area (Å²) in [6.45, 7) is 6.01. The van der Waals surface area contributed by atoms with E-state index < -0.39 is 4.92 Å². The van der Waals surface area contributed by atoms with E-state index in [-0.39, 0.29) is 24.2 Å². The van der Waals surface area contributed by atoms with E-state index in [0.717, 1.165) is 11.0 Å². The van der Waals surface area contributed by atoms with Gasteiger partial charge in [-0.05, 0) is 29.8 Å². The molecule has 3 heterocycles. The van der Waals surface area contributed by atoms with E-state index in [4.69, 9.17) is 0 Å². The van der Waals surface area contributed by atoms with Crippen LogP contribution in [0, 0.1) is 17.0 Å². The van der Waals surface area contributed by atoms with Crippen molar-refractivity contribution in [3.63, 3.8) is 0 Å². The molecule has 0 aliphatic heterocycles. The second-order valence-electron chi connectivity index (χ2n) is 6.21. The Morgan fingerprint density at radius 1 is 1.38 bits per heavy atom. The van der Waals surface area contributed by atoms with Gasteiger partial charge < -0.3 is 20.0 Å². The molecule has 1 amide bonds. The zero-order valence-corrected chi connectivity index (χ0v) is 14.7. The Bertz CT molecular complexity index is 974. The summed E-state index contributed by atoms with van der Waals surface area (Å²) < 4.78 is 3.40. The second-order valence-corrected chi connectivity index (χ2v) is 6.21. The standard InChI is InChI=1S/C16H19N7O3/c1-10(2)22-16-12(7-18-22)6-13(8-17-16)20-15(24)4-5-21-9-14(23(25)26)19-11(21)3/h6-10H,4-5H2,1-3H3,(H,20,24). The third-order valence-corrected chi connectivity index (χ3v) is 3.94. The Morgan fingerprint density at radius 3 is 2.81 bits per heavy atom. The maximum atomic E-state index is 12.2. The molecular formula is C16H19N7O3. The average Bonchev–Trinajstić information content (AvgIpc) is 3.16. The molecule has 0 radical (unpaired) electrons. The fraction of sp³-hybridized carbons (Fsp3) is 0.375. The maximum absolute atomic E-state index is 12.2. The first-order valence-electron chi connectivity index (χ1n) is 8.16. The lowest BCUT2D eigenvalue weighted by atomic mass is 10.3. The van der Waals surface area contributed by atoms with E-state index in [1.54, 1.807) is 23.9 Å². The molecule has 136 valence electrons. The van der Waals surface area contributed by atoms with Crippen LogP contribution in [0.1, 0.15) is 32.1 Å². The molecule has 0 bridgehead atoms. The van der Waals surface area contributed by atoms with Crippen LogP contribution in [0.15, 0.2) is 24.7 Å². The van der Waals surface area contributed by atoms with Crippen LogP contribution in [-0.2, 0) is 11.3 Å². The number of imidazole rings is 1. The first-order valence-corrected chi connectivity index (χ1v) is 8.16. The van der Waals surface area contributed by atoms with Gasteiger partial charge >= 0.3 is 5.82 Å². The van der Waals surface area contributed by atoms with Gasteiger partial charge in [-0.2, -0.15) is 5.10 Å². The molecule has 10 nitrogen and oxygen atoms in total. The van der Waals surface area contributed by atoms with Crippen LogP contribution in [0.25, 0.3) is 11.0 Å². The molecule has 10 heteroatoms. The molecule has 3 aromatic heterocycles. The van der Waals surface area contributed by atoms with Crippen LogP contribution in [-0.4, -0.2) is 35.1 Å². The molecule has 0 aliphatic carbocycles. The minimum atomic E-state index is -0.554. The topological polar surface area (TPSA) is 121 Å². The van der Waals surface area contributed by atoms with Gasteiger partial charge in [-0.25, -0.2) is 9.67 Å². The zero-order chi connectivity index (χ0) is 18.8. The molecular weight excluding hydrogens is 338 g/mol. The van der Waals surface area contributed by atoms with E-state index >= 15 is 0 Å². The fourth-order valence-corrected chi connectivity index (χ4v) is 2.64. The number of fused-ring (bicyclic) bond motifs is 1. The van der Waals surface area contributed by atoms with Crippen molar-refractivity contribution in [1.82, 2.24) is 24.3 Å². The number of aromatic nitrogens is 5. The molecule has 0 spiro atoms. The van der Waals surface area contributed by atoms with Crippen LogP contribution >= 0.6 is 0 Å². The minimum absolute atomic E-state index is 0.164. The van der Waals surface area contributed by atoms with E-state index in [0.29, 0.717) is 18.1 Å². The van der Waals surface area contributed by atoms with Crippen molar-refractivity contribution in [3.8, 4) is 0 Å². The molecule has 3 aromatic rings. The normalized spacial score (nSPS) is 11.2. The lowest BCUT2D eigenvalue weighted by Gasteiger charge is -2.08. The minimum Gasteiger partial charge on any atom is -0.358 e. The quantitative estimate of drug-likeness (QED) is 0.534. The van der Waals surface area contributed by atoms with Gasteiger partial charge in [0.25, 0.3) is 0 Å². The Hall–Kier alpha value is -3.30. The number of hydrogen-bond donors (Lipinski definition) is 1. The molecule has 0 aromatic carbocycles. The highest BCUT2D eigenvalue weighted by atomic mass is 16.6. The van der Waals surface area contributed by atoms with Crippen molar-refractivity contribution in [2.75, 3.05) is 5.32 Å². The fourth-order valence-electron chi connectivity index (χ4n) is 2.64. The van der Waals surface area contributed by atoms with E-state index in [1.165, 1.54) is 6.20 Å². The summed E-state index contributed by atoms with van der Waals surface area (Å²) in [6, 6.07) is 2.02. The first kappa shape index (κ1) is 17.5. The van der Waals surface area contributed by atoms with Crippen molar-refractivity contribution in [2.24, 2.45) is 0 Å². The maximum Gasteiger partial charge on any atom is 0.381 e. The van der Waals surface area contributed by atoms with E-state index in [2.05, 4.69) is 20.4 Å². The van der Waals surface area contributed by atoms with Crippen molar-refractivity contribution in [3.05, 3.63) is 40.6 Å². The molecule has 0 fully saturated rings. The summed E-state index contributed by atoms with van der Waals surface area (Å²) in [5.74, 6) is 0.0616. The largest absolute Gasteiger partial charge is 0.381 e. The SMILES string of the molecule is Cc1nc([N+](=O)[O-])cn1CCC(=O)Nc1cnc2c(cnn2C(C)C)c1. The van der Waals surface area contributed by atoms with Crippen LogP contribution in [0.2, 0.25) is 0 Å². The number of nitrogens with zero attached hydrogens (tertiary/aromatic N) is 6. The lowest BCUT2D eigenvalue weighted by Crippen LogP contribution is -2.15. The Labute approximate surface area is 149 Å². The number of carbonyl (C=O) groups excluding carboxylic acids is 1. The number of amides is 1. The average molecular weight is 357 g/mol. The van der Waals surface area contributed by atoms with Crippen molar-refractivity contribution < 1.29 is 9.72 Å². The van der Waals surface area contributed by atoms with Crippen molar-refractivity contribution in [2.45, 2.75) is 39.8 Å². The van der Waals surface area contributed by atoms with Gasteiger partial charge in [-0.1, -0.05) is 0 Å². The predicted molar refractivity (Wildman–Crippen MR) is 94.8 cm³/mol. The number of carbonyl (C=O) groups is 1. The summed E-state index contributed by atoms with van der Waals surface area (Å²) in [5.41, 5.74) is 1.35. The van der Waals surface area contributed by atoms with Gasteiger partial charge in [0.2, 0.25) is 11.7 Å². The second kappa shape index (κ2) is 6.90. The molecule has 26 heavy (non-hydrogen) atoms. The summed E-state index contributed by atoms with van der Waals surface area (Å²) in [7, 11) is 0. The highest BCUT2D eigenvalue weighted by Gasteiger charge is 2.16. The molecule has 0 saturated heterocycles. The number of nitrogens with one attached hydrogen (secondary N) is 1. The lowest BCUT2D eigenvalue weighted by molar-refractivity contribution is -0.389. The Morgan fingerprint density at radius 2 is 2.15 bits per heavy atom. The molecule has 0 aliphatic rings. The summed E-state index contributed by atoms with van der Waals surface area (Å²) in [5, 5.41) is 18.7. The molecule has 0 unspecified atom stereocenters. The molecule has 3 rings (SSSR count). The van der Waals surface area contributed by atoms with E-state index in [9.17, 15) is 14.9 Å². The van der Waals surface area contributed by atoms with Crippen LogP contribution in [0.4, 0.5) is 11.5 Å². The van der Waals surface area contributed by atoms with Gasteiger partial charge in [0.05, 0.1) is 18.1 Å². The highest BCUT2D eigenvalue weighted by molar-refractivity contribution is 5.92. The summed E-state index contributed by atoms with van der Waals surface area (Å²) in [4.78, 5) is 30.5. The third-order valence-electron chi connectivity index (χ3n) is 3.94. The number of anilines is 1. The molecule has 0 atom stereocenters. The van der Waals surface area contributed by atoms with Gasteiger partial charge in [0.1, 0.15) is 6.20 Å². The van der Waals surface area contributed by atoms with Crippen LogP contribution < -0.4 is 5.32 Å². The molecule has 1 N–H and O–H groups in total. The Balaban J connectivity index is 1.65. The zero-order valence-electron chi connectivity index (χ0n) is 14.7. The number of aryl methyl sites for hydroxylation is 2. The summed E-state index contributed by atoms with van der Waals surface area (Å²) >= 11 is 0. The first-order chi connectivity index (χ1) is 12.3. The monoisotopic (exact) mass is 357 g/mol. The van der Waals surface area contributed by atoms with Gasteiger partial charge in [-0.3, -0.25) is 4.79 Å². The summed E-state index contributed by atoms with van der Waals surface area (Å²) in [6.07, 6.45) is 4.80. The number of hydrogen-bond acceptors (Lipinski definition) is 6. The van der Waals surface area contributed by atoms with Gasteiger partial charge in [0.15, 0.2) is 5.65 Å². The number of rotatable bonds is 6. The number of pyridine rings is 1. The van der Waals surface area contributed by atoms with E-state index in [1.807, 2.05) is 24.6 Å². The smallest absolute Gasteiger partial charge is 0.358 e. The van der Waals surface area contributed by atoms with Crippen molar-refractivity contribution >= 4 is 28.4 Å². The Kier molecular flexibility index (Phi) is 4.65. The third kappa shape index (κ3) is 3.53. The number of nitro groups is 1. The van der Waals surface area contributed by atoms with Gasteiger partial charge in [-0.15, -0.1) is 0 Å². The van der Waals surface area contributed by atoms with Crippen LogP contribution in [0.5, 0.6) is 0 Å². The van der Waals surface area contributed by atoms with Gasteiger partial charge in [0, 0.05) is 31.3 Å². The van der Waals surface area contributed by atoms with Crippen molar-refractivity contribution in [1.29, 1.82) is 0 Å².